The van der Waals surface area contributed by atoms with Crippen LogP contribution in [0.4, 0.5) is 11.4 Å². The summed E-state index contributed by atoms with van der Waals surface area (Å²) in [6.45, 7) is 0. The SMILES string of the molecule is COc1ccc(OC)c(NC(=O)[C@H]2C[C@H](CCSC)N[C@]23C(=O)Nc2c(Cl)cccc23)c1. The molecule has 4 rings (SSSR count). The topological polar surface area (TPSA) is 88.7 Å². The minimum Gasteiger partial charge on any atom is -0.497 e. The maximum absolute atomic E-state index is 13.6. The molecule has 2 aliphatic heterocycles. The number of fused-ring (bicyclic) bond motifs is 2. The van der Waals surface area contributed by atoms with Crippen LogP contribution in [-0.4, -0.2) is 44.1 Å². The van der Waals surface area contributed by atoms with Gasteiger partial charge in [0.1, 0.15) is 17.0 Å². The molecule has 2 amide bonds. The van der Waals surface area contributed by atoms with Crippen molar-refractivity contribution >= 4 is 46.6 Å². The Morgan fingerprint density at radius 1 is 1.28 bits per heavy atom. The summed E-state index contributed by atoms with van der Waals surface area (Å²) in [7, 11) is 3.10. The molecule has 9 heteroatoms. The summed E-state index contributed by atoms with van der Waals surface area (Å²) in [6.07, 6.45) is 3.41. The molecule has 1 saturated heterocycles. The average Bonchev–Trinajstić information content (AvgIpc) is 3.32. The molecule has 1 spiro atoms. The number of carbonyl (C=O) groups excluding carboxylic acids is 2. The molecule has 0 radical (unpaired) electrons. The highest BCUT2D eigenvalue weighted by Gasteiger charge is 2.60. The van der Waals surface area contributed by atoms with Gasteiger partial charge in [-0.1, -0.05) is 23.7 Å². The predicted molar refractivity (Wildman–Crippen MR) is 128 cm³/mol. The maximum atomic E-state index is 13.6. The summed E-state index contributed by atoms with van der Waals surface area (Å²) >= 11 is 8.11. The van der Waals surface area contributed by atoms with Crippen LogP contribution >= 0.6 is 23.4 Å². The lowest BCUT2D eigenvalue weighted by Gasteiger charge is -2.29. The molecule has 32 heavy (non-hydrogen) atoms. The first kappa shape index (κ1) is 22.8. The number of ether oxygens (including phenoxy) is 2. The molecule has 2 heterocycles. The fourth-order valence-corrected chi connectivity index (χ4v) is 5.37. The van der Waals surface area contributed by atoms with Crippen molar-refractivity contribution in [3.63, 3.8) is 0 Å². The third kappa shape index (κ3) is 3.80. The average molecular weight is 476 g/mol. The van der Waals surface area contributed by atoms with Crippen LogP contribution in [0.15, 0.2) is 36.4 Å². The highest BCUT2D eigenvalue weighted by atomic mass is 35.5. The summed E-state index contributed by atoms with van der Waals surface area (Å²) in [6, 6.07) is 10.6. The fraction of sp³-hybridized carbons (Fsp3) is 0.391. The van der Waals surface area contributed by atoms with E-state index in [4.69, 9.17) is 21.1 Å². The van der Waals surface area contributed by atoms with Crippen LogP contribution in [0.5, 0.6) is 11.5 Å². The number of para-hydroxylation sites is 1. The highest BCUT2D eigenvalue weighted by Crippen LogP contribution is 2.50. The van der Waals surface area contributed by atoms with Crippen LogP contribution in [0, 0.1) is 5.92 Å². The molecule has 0 saturated carbocycles. The molecule has 170 valence electrons. The van der Waals surface area contributed by atoms with E-state index in [9.17, 15) is 9.59 Å². The second-order valence-corrected chi connectivity index (χ2v) is 9.28. The number of nitrogens with one attached hydrogen (secondary N) is 3. The molecule has 0 aromatic heterocycles. The Labute approximate surface area is 196 Å². The van der Waals surface area contributed by atoms with E-state index in [-0.39, 0.29) is 17.9 Å². The zero-order valence-electron chi connectivity index (χ0n) is 18.2. The van der Waals surface area contributed by atoms with Gasteiger partial charge in [0.2, 0.25) is 11.8 Å². The Kier molecular flexibility index (Phi) is 6.55. The number of methoxy groups -OCH3 is 2. The van der Waals surface area contributed by atoms with Crippen molar-refractivity contribution in [1.29, 1.82) is 0 Å². The standard InChI is InChI=1S/C23H26ClN3O4S/c1-30-14-7-8-19(31-2)18(12-14)25-21(28)16-11-13(9-10-32-3)27-23(16)15-5-4-6-17(24)20(15)26-22(23)29/h4-8,12-13,16,27H,9-11H2,1-3H3,(H,25,28)(H,26,29)/t13-,16+,23-/m0/s1. The van der Waals surface area contributed by atoms with Crippen molar-refractivity contribution in [3.05, 3.63) is 47.0 Å². The first-order valence-electron chi connectivity index (χ1n) is 10.3. The van der Waals surface area contributed by atoms with E-state index in [2.05, 4.69) is 16.0 Å². The Bertz CT molecular complexity index is 1050. The zero-order valence-corrected chi connectivity index (χ0v) is 19.7. The van der Waals surface area contributed by atoms with Crippen LogP contribution in [0.3, 0.4) is 0 Å². The highest BCUT2D eigenvalue weighted by molar-refractivity contribution is 7.98. The number of hydrogen-bond donors (Lipinski definition) is 3. The second-order valence-electron chi connectivity index (χ2n) is 7.89. The number of halogens is 1. The molecule has 7 nitrogen and oxygen atoms in total. The summed E-state index contributed by atoms with van der Waals surface area (Å²) in [4.78, 5) is 27.0. The zero-order chi connectivity index (χ0) is 22.9. The number of carbonyl (C=O) groups is 2. The Morgan fingerprint density at radius 2 is 2.09 bits per heavy atom. The number of thioether (sulfide) groups is 1. The van der Waals surface area contributed by atoms with Crippen molar-refractivity contribution in [2.75, 3.05) is 36.9 Å². The third-order valence-electron chi connectivity index (χ3n) is 6.16. The van der Waals surface area contributed by atoms with Crippen LogP contribution in [-0.2, 0) is 15.1 Å². The van der Waals surface area contributed by atoms with Crippen LogP contribution in [0.2, 0.25) is 5.02 Å². The lowest BCUT2D eigenvalue weighted by Crippen LogP contribution is -2.52. The van der Waals surface area contributed by atoms with Crippen molar-refractivity contribution in [3.8, 4) is 11.5 Å². The van der Waals surface area contributed by atoms with Gasteiger partial charge >= 0.3 is 0 Å². The van der Waals surface area contributed by atoms with Gasteiger partial charge < -0.3 is 20.1 Å². The fourth-order valence-electron chi connectivity index (χ4n) is 4.63. The third-order valence-corrected chi connectivity index (χ3v) is 7.12. The first-order valence-corrected chi connectivity index (χ1v) is 12.1. The van der Waals surface area contributed by atoms with Crippen molar-refractivity contribution in [2.24, 2.45) is 5.92 Å². The summed E-state index contributed by atoms with van der Waals surface area (Å²) in [5.41, 5.74) is 0.581. The lowest BCUT2D eigenvalue weighted by molar-refractivity contribution is -0.130. The quantitative estimate of drug-likeness (QED) is 0.563. The van der Waals surface area contributed by atoms with Crippen LogP contribution < -0.4 is 25.4 Å². The summed E-state index contributed by atoms with van der Waals surface area (Å²) in [5.74, 6) is 0.871. The number of rotatable bonds is 7. The van der Waals surface area contributed by atoms with Gasteiger partial charge in [0.15, 0.2) is 0 Å². The molecular formula is C23H26ClN3O4S. The van der Waals surface area contributed by atoms with Gasteiger partial charge in [-0.2, -0.15) is 11.8 Å². The Hall–Kier alpha value is -2.42. The van der Waals surface area contributed by atoms with Crippen molar-refractivity contribution < 1.29 is 19.1 Å². The molecule has 3 N–H and O–H groups in total. The van der Waals surface area contributed by atoms with E-state index in [0.29, 0.717) is 39.9 Å². The molecular weight excluding hydrogens is 450 g/mol. The molecule has 0 bridgehead atoms. The van der Waals surface area contributed by atoms with Gasteiger partial charge in [0.05, 0.1) is 36.5 Å². The Balaban J connectivity index is 1.72. The lowest BCUT2D eigenvalue weighted by atomic mass is 9.79. The van der Waals surface area contributed by atoms with Gasteiger partial charge in [-0.3, -0.25) is 14.9 Å². The first-order chi connectivity index (χ1) is 15.4. The largest absolute Gasteiger partial charge is 0.497 e. The van der Waals surface area contributed by atoms with E-state index in [1.54, 1.807) is 49.2 Å². The van der Waals surface area contributed by atoms with E-state index in [1.807, 2.05) is 12.3 Å². The number of amides is 2. The van der Waals surface area contributed by atoms with Gasteiger partial charge in [0.25, 0.3) is 0 Å². The van der Waals surface area contributed by atoms with Crippen molar-refractivity contribution in [1.82, 2.24) is 5.32 Å². The Morgan fingerprint density at radius 3 is 2.81 bits per heavy atom. The van der Waals surface area contributed by atoms with E-state index < -0.39 is 11.5 Å². The monoisotopic (exact) mass is 475 g/mol. The number of benzene rings is 2. The number of hydrogen-bond acceptors (Lipinski definition) is 6. The second kappa shape index (κ2) is 9.21. The van der Waals surface area contributed by atoms with E-state index >= 15 is 0 Å². The normalized spacial score (nSPS) is 23.7. The molecule has 2 aromatic rings. The maximum Gasteiger partial charge on any atom is 0.250 e. The summed E-state index contributed by atoms with van der Waals surface area (Å²) < 4.78 is 10.7. The molecule has 1 fully saturated rings. The molecule has 3 atom stereocenters. The predicted octanol–water partition coefficient (Wildman–Crippen LogP) is 3.87. The van der Waals surface area contributed by atoms with Crippen LogP contribution in [0.25, 0.3) is 0 Å². The van der Waals surface area contributed by atoms with Gasteiger partial charge in [0, 0.05) is 17.7 Å². The van der Waals surface area contributed by atoms with E-state index in [1.165, 1.54) is 7.11 Å². The van der Waals surface area contributed by atoms with Crippen LogP contribution in [0.1, 0.15) is 18.4 Å². The van der Waals surface area contributed by atoms with Crippen molar-refractivity contribution in [2.45, 2.75) is 24.4 Å². The summed E-state index contributed by atoms with van der Waals surface area (Å²) in [5, 5.41) is 9.83. The van der Waals surface area contributed by atoms with Gasteiger partial charge in [-0.05, 0) is 43.0 Å². The minimum absolute atomic E-state index is 0.0149. The number of anilines is 2. The molecule has 2 aliphatic rings. The van der Waals surface area contributed by atoms with Gasteiger partial charge in [-0.15, -0.1) is 0 Å². The van der Waals surface area contributed by atoms with Gasteiger partial charge in [-0.25, -0.2) is 0 Å². The smallest absolute Gasteiger partial charge is 0.250 e. The molecule has 2 aromatic carbocycles. The molecule has 0 unspecified atom stereocenters. The molecule has 0 aliphatic carbocycles. The minimum atomic E-state index is -1.18. The van der Waals surface area contributed by atoms with E-state index in [0.717, 1.165) is 12.2 Å².